The Morgan fingerprint density at radius 3 is 2.47 bits per heavy atom. The molecule has 0 aliphatic rings. The van der Waals surface area contributed by atoms with E-state index >= 15 is 0 Å². The largest absolute Gasteiger partial charge is 0.398 e. The van der Waals surface area contributed by atoms with Crippen LogP contribution in [-0.4, -0.2) is 5.91 Å². The molecule has 2 aromatic rings. The van der Waals surface area contributed by atoms with Crippen LogP contribution in [-0.2, 0) is 4.79 Å². The number of hydrogen-bond acceptors (Lipinski definition) is 3. The van der Waals surface area contributed by atoms with E-state index in [9.17, 15) is 4.79 Å². The predicted molar refractivity (Wildman–Crippen MR) is 88.4 cm³/mol. The van der Waals surface area contributed by atoms with E-state index in [0.29, 0.717) is 0 Å². The third-order valence-electron chi connectivity index (χ3n) is 2.37. The topological polar surface area (TPSA) is 55.1 Å². The quantitative estimate of drug-likeness (QED) is 0.622. The fraction of sp³-hybridized carbons (Fsp3) is 0.0714. The smallest absolute Gasteiger partial charge is 0.221 e. The molecule has 0 saturated heterocycles. The molecule has 0 unspecified atom stereocenters. The molecule has 3 N–H and O–H groups in total. The van der Waals surface area contributed by atoms with Crippen molar-refractivity contribution in [1.29, 1.82) is 0 Å². The fourth-order valence-electron chi connectivity index (χ4n) is 1.55. The summed E-state index contributed by atoms with van der Waals surface area (Å²) in [5, 5.41) is 2.74. The van der Waals surface area contributed by atoms with Crippen molar-refractivity contribution in [1.82, 2.24) is 0 Å². The zero-order valence-electron chi connectivity index (χ0n) is 10.3. The number of nitrogens with two attached hydrogens (primary N) is 1. The number of nitrogens with one attached hydrogen (secondary N) is 1. The summed E-state index contributed by atoms with van der Waals surface area (Å²) in [5.41, 5.74) is 7.56. The standard InChI is InChI=1S/C14H13IN2OS/c1-9(18)17-11-3-5-12(6-4-11)19-14-7-2-10(15)8-13(14)16/h2-8H,16H2,1H3,(H,17,18). The van der Waals surface area contributed by atoms with Gasteiger partial charge in [-0.05, 0) is 65.1 Å². The van der Waals surface area contributed by atoms with E-state index in [1.807, 2.05) is 42.5 Å². The fourth-order valence-corrected chi connectivity index (χ4v) is 2.90. The average Bonchev–Trinajstić information content (AvgIpc) is 2.34. The molecule has 1 amide bonds. The van der Waals surface area contributed by atoms with Crippen molar-refractivity contribution in [2.45, 2.75) is 16.7 Å². The van der Waals surface area contributed by atoms with Crippen molar-refractivity contribution >= 4 is 51.6 Å². The summed E-state index contributed by atoms with van der Waals surface area (Å²) in [5.74, 6) is -0.0673. The van der Waals surface area contributed by atoms with E-state index in [4.69, 9.17) is 5.73 Å². The number of rotatable bonds is 3. The van der Waals surface area contributed by atoms with Crippen molar-refractivity contribution in [3.8, 4) is 0 Å². The first-order valence-corrected chi connectivity index (χ1v) is 7.54. The molecule has 0 bridgehead atoms. The second-order valence-electron chi connectivity index (χ2n) is 3.99. The van der Waals surface area contributed by atoms with Gasteiger partial charge in [-0.3, -0.25) is 4.79 Å². The molecular formula is C14H13IN2OS. The normalized spacial score (nSPS) is 10.2. The third kappa shape index (κ3) is 4.14. The van der Waals surface area contributed by atoms with Crippen LogP contribution in [0.3, 0.4) is 0 Å². The molecule has 0 atom stereocenters. The van der Waals surface area contributed by atoms with Crippen LogP contribution in [0.15, 0.2) is 52.3 Å². The lowest BCUT2D eigenvalue weighted by Crippen LogP contribution is -2.05. The lowest BCUT2D eigenvalue weighted by Gasteiger charge is -2.07. The van der Waals surface area contributed by atoms with E-state index in [-0.39, 0.29) is 5.91 Å². The van der Waals surface area contributed by atoms with Gasteiger partial charge >= 0.3 is 0 Å². The molecular weight excluding hydrogens is 371 g/mol. The summed E-state index contributed by atoms with van der Waals surface area (Å²) in [7, 11) is 0. The Morgan fingerprint density at radius 2 is 1.89 bits per heavy atom. The minimum Gasteiger partial charge on any atom is -0.398 e. The zero-order valence-corrected chi connectivity index (χ0v) is 13.3. The van der Waals surface area contributed by atoms with Crippen LogP contribution in [0.1, 0.15) is 6.92 Å². The number of nitrogen functional groups attached to an aromatic ring is 1. The molecule has 0 fully saturated rings. The molecule has 2 aromatic carbocycles. The highest BCUT2D eigenvalue weighted by atomic mass is 127. The van der Waals surface area contributed by atoms with Gasteiger partial charge in [0.25, 0.3) is 0 Å². The molecule has 5 heteroatoms. The van der Waals surface area contributed by atoms with Crippen LogP contribution < -0.4 is 11.1 Å². The molecule has 0 aliphatic carbocycles. The first-order chi connectivity index (χ1) is 9.04. The van der Waals surface area contributed by atoms with Crippen LogP contribution in [0, 0.1) is 3.57 Å². The number of carbonyl (C=O) groups excluding carboxylic acids is 1. The van der Waals surface area contributed by atoms with E-state index in [1.54, 1.807) is 11.8 Å². The van der Waals surface area contributed by atoms with Crippen molar-refractivity contribution < 1.29 is 4.79 Å². The highest BCUT2D eigenvalue weighted by Gasteiger charge is 2.03. The minimum absolute atomic E-state index is 0.0673. The van der Waals surface area contributed by atoms with Gasteiger partial charge in [0.1, 0.15) is 0 Å². The SMILES string of the molecule is CC(=O)Nc1ccc(Sc2ccc(I)cc2N)cc1. The van der Waals surface area contributed by atoms with Gasteiger partial charge in [-0.1, -0.05) is 11.8 Å². The van der Waals surface area contributed by atoms with E-state index < -0.39 is 0 Å². The van der Waals surface area contributed by atoms with Gasteiger partial charge in [-0.2, -0.15) is 0 Å². The Labute approximate surface area is 130 Å². The number of amides is 1. The maximum Gasteiger partial charge on any atom is 0.221 e. The summed E-state index contributed by atoms with van der Waals surface area (Å²) < 4.78 is 1.13. The Bertz CT molecular complexity index is 599. The van der Waals surface area contributed by atoms with E-state index in [0.717, 1.165) is 24.7 Å². The molecule has 0 heterocycles. The molecule has 2 rings (SSSR count). The van der Waals surface area contributed by atoms with Gasteiger partial charge in [0, 0.05) is 31.7 Å². The minimum atomic E-state index is -0.0673. The molecule has 0 aromatic heterocycles. The summed E-state index contributed by atoms with van der Waals surface area (Å²) in [6.45, 7) is 1.49. The second kappa shape index (κ2) is 6.29. The first kappa shape index (κ1) is 14.2. The van der Waals surface area contributed by atoms with E-state index in [1.165, 1.54) is 6.92 Å². The summed E-state index contributed by atoms with van der Waals surface area (Å²) >= 11 is 3.85. The third-order valence-corrected chi connectivity index (χ3v) is 4.14. The van der Waals surface area contributed by atoms with Crippen LogP contribution in [0.25, 0.3) is 0 Å². The van der Waals surface area contributed by atoms with Gasteiger partial charge in [-0.25, -0.2) is 0 Å². The Hall–Kier alpha value is -1.21. The van der Waals surface area contributed by atoms with Gasteiger partial charge in [0.15, 0.2) is 0 Å². The Kier molecular flexibility index (Phi) is 4.71. The lowest BCUT2D eigenvalue weighted by molar-refractivity contribution is -0.114. The Balaban J connectivity index is 2.13. The van der Waals surface area contributed by atoms with Gasteiger partial charge in [0.05, 0.1) is 0 Å². The highest BCUT2D eigenvalue weighted by Crippen LogP contribution is 2.33. The van der Waals surface area contributed by atoms with Gasteiger partial charge in [-0.15, -0.1) is 0 Å². The molecule has 98 valence electrons. The van der Waals surface area contributed by atoms with Crippen molar-refractivity contribution in [3.63, 3.8) is 0 Å². The van der Waals surface area contributed by atoms with Crippen molar-refractivity contribution in [2.24, 2.45) is 0 Å². The number of halogens is 1. The van der Waals surface area contributed by atoms with Crippen molar-refractivity contribution in [3.05, 3.63) is 46.0 Å². The number of benzene rings is 2. The number of anilines is 2. The molecule has 0 saturated carbocycles. The number of carbonyl (C=O) groups is 1. The monoisotopic (exact) mass is 384 g/mol. The predicted octanol–water partition coefficient (Wildman–Crippen LogP) is 3.98. The van der Waals surface area contributed by atoms with Gasteiger partial charge < -0.3 is 11.1 Å². The lowest BCUT2D eigenvalue weighted by atomic mass is 10.3. The highest BCUT2D eigenvalue weighted by molar-refractivity contribution is 14.1. The van der Waals surface area contributed by atoms with E-state index in [2.05, 4.69) is 27.9 Å². The molecule has 19 heavy (non-hydrogen) atoms. The average molecular weight is 384 g/mol. The second-order valence-corrected chi connectivity index (χ2v) is 6.35. The summed E-state index contributed by atoms with van der Waals surface area (Å²) in [6, 6.07) is 13.7. The van der Waals surface area contributed by atoms with Crippen LogP contribution in [0.2, 0.25) is 0 Å². The number of hydrogen-bond donors (Lipinski definition) is 2. The summed E-state index contributed by atoms with van der Waals surface area (Å²) in [4.78, 5) is 13.1. The first-order valence-electron chi connectivity index (χ1n) is 5.65. The van der Waals surface area contributed by atoms with Gasteiger partial charge in [0.2, 0.25) is 5.91 Å². The maximum absolute atomic E-state index is 10.9. The van der Waals surface area contributed by atoms with Crippen molar-refractivity contribution in [2.75, 3.05) is 11.1 Å². The Morgan fingerprint density at radius 1 is 1.21 bits per heavy atom. The maximum atomic E-state index is 10.9. The molecule has 3 nitrogen and oxygen atoms in total. The van der Waals surface area contributed by atoms with Crippen LogP contribution >= 0.6 is 34.4 Å². The zero-order chi connectivity index (χ0) is 13.8. The van der Waals surface area contributed by atoms with Crippen LogP contribution in [0.5, 0.6) is 0 Å². The molecule has 0 radical (unpaired) electrons. The molecule has 0 spiro atoms. The van der Waals surface area contributed by atoms with Crippen LogP contribution in [0.4, 0.5) is 11.4 Å². The summed E-state index contributed by atoms with van der Waals surface area (Å²) in [6.07, 6.45) is 0. The molecule has 0 aliphatic heterocycles.